The van der Waals surface area contributed by atoms with E-state index in [1.165, 1.54) is 11.3 Å². The summed E-state index contributed by atoms with van der Waals surface area (Å²) in [6.45, 7) is 2.41. The number of carbonyl (C=O) groups is 2. The van der Waals surface area contributed by atoms with E-state index in [1.807, 2.05) is 55.5 Å². The molecule has 0 saturated carbocycles. The molecule has 1 heterocycles. The van der Waals surface area contributed by atoms with Crippen LogP contribution in [0.4, 0.5) is 5.69 Å². The van der Waals surface area contributed by atoms with Crippen molar-refractivity contribution in [1.82, 2.24) is 15.5 Å². The Balaban J connectivity index is 1.42. The molecular weight excluding hydrogens is 400 g/mol. The normalized spacial score (nSPS) is 10.5. The third kappa shape index (κ3) is 6.12. The molecule has 0 unspecified atom stereocenters. The number of carbonyl (C=O) groups excluding carboxylic acids is 2. The van der Waals surface area contributed by atoms with E-state index in [1.54, 1.807) is 7.11 Å². The first kappa shape index (κ1) is 21.4. The Bertz CT molecular complexity index is 1000. The fraction of sp³-hybridized carbons (Fsp3) is 0.273. The summed E-state index contributed by atoms with van der Waals surface area (Å²) in [7, 11) is 1.61. The van der Waals surface area contributed by atoms with Crippen LogP contribution in [-0.2, 0) is 17.8 Å². The molecule has 1 aromatic heterocycles. The number of amides is 2. The maximum Gasteiger partial charge on any atom is 0.286 e. The van der Waals surface area contributed by atoms with Crippen molar-refractivity contribution in [3.63, 3.8) is 0 Å². The molecule has 2 aromatic carbocycles. The summed E-state index contributed by atoms with van der Waals surface area (Å²) < 4.78 is 5.28. The number of aryl methyl sites for hydroxylation is 2. The maximum absolute atomic E-state index is 12.3. The Hall–Kier alpha value is -3.26. The van der Waals surface area contributed by atoms with Crippen LogP contribution in [0.5, 0.6) is 5.75 Å². The minimum absolute atomic E-state index is 0.0391. The standard InChI is InChI=1S/C22H24N4O3S/c1-15-10-12-17(13-11-15)24-21(28)22-26-25-20(30-22)9-5-8-19(27)23-14-16-6-3-4-7-18(16)29-2/h3-4,6-7,10-13H,5,8-9,14H2,1-2H3,(H,23,27)(H,24,28). The van der Waals surface area contributed by atoms with Gasteiger partial charge in [0.1, 0.15) is 10.8 Å². The number of rotatable bonds is 9. The lowest BCUT2D eigenvalue weighted by Crippen LogP contribution is -2.22. The van der Waals surface area contributed by atoms with Crippen LogP contribution in [0.3, 0.4) is 0 Å². The molecule has 0 saturated heterocycles. The zero-order valence-electron chi connectivity index (χ0n) is 17.0. The van der Waals surface area contributed by atoms with Crippen molar-refractivity contribution in [1.29, 1.82) is 0 Å². The van der Waals surface area contributed by atoms with Crippen LogP contribution in [0.25, 0.3) is 0 Å². The van der Waals surface area contributed by atoms with Gasteiger partial charge in [0.15, 0.2) is 0 Å². The van der Waals surface area contributed by atoms with Crippen molar-refractivity contribution < 1.29 is 14.3 Å². The fourth-order valence-corrected chi connectivity index (χ4v) is 3.58. The van der Waals surface area contributed by atoms with Gasteiger partial charge in [0.25, 0.3) is 5.91 Å². The molecular formula is C22H24N4O3S. The molecule has 0 bridgehead atoms. The lowest BCUT2D eigenvalue weighted by atomic mass is 10.2. The topological polar surface area (TPSA) is 93.2 Å². The quantitative estimate of drug-likeness (QED) is 0.546. The van der Waals surface area contributed by atoms with Gasteiger partial charge in [0.2, 0.25) is 10.9 Å². The van der Waals surface area contributed by atoms with Crippen LogP contribution in [0.15, 0.2) is 48.5 Å². The Morgan fingerprint density at radius 1 is 1.07 bits per heavy atom. The van der Waals surface area contributed by atoms with Gasteiger partial charge < -0.3 is 15.4 Å². The number of hydrogen-bond acceptors (Lipinski definition) is 6. The van der Waals surface area contributed by atoms with Crippen molar-refractivity contribution in [2.45, 2.75) is 32.7 Å². The maximum atomic E-state index is 12.3. The van der Waals surface area contributed by atoms with E-state index in [0.717, 1.165) is 21.9 Å². The van der Waals surface area contributed by atoms with Gasteiger partial charge in [-0.05, 0) is 31.5 Å². The first-order valence-electron chi connectivity index (χ1n) is 9.64. The summed E-state index contributed by atoms with van der Waals surface area (Å²) in [6, 6.07) is 15.1. The molecule has 8 heteroatoms. The Morgan fingerprint density at radius 2 is 1.83 bits per heavy atom. The number of nitrogens with one attached hydrogen (secondary N) is 2. The first-order valence-corrected chi connectivity index (χ1v) is 10.5. The zero-order valence-corrected chi connectivity index (χ0v) is 17.8. The monoisotopic (exact) mass is 424 g/mol. The van der Waals surface area contributed by atoms with Crippen LogP contribution in [0.1, 0.15) is 38.8 Å². The molecule has 0 aliphatic rings. The third-order valence-corrected chi connectivity index (χ3v) is 5.42. The molecule has 0 spiro atoms. The minimum Gasteiger partial charge on any atom is -0.496 e. The molecule has 2 amide bonds. The van der Waals surface area contributed by atoms with Gasteiger partial charge in [-0.3, -0.25) is 9.59 Å². The SMILES string of the molecule is COc1ccccc1CNC(=O)CCCc1nnc(C(=O)Nc2ccc(C)cc2)s1. The van der Waals surface area contributed by atoms with Gasteiger partial charge in [0, 0.05) is 30.6 Å². The highest BCUT2D eigenvalue weighted by Crippen LogP contribution is 2.17. The number of aromatic nitrogens is 2. The van der Waals surface area contributed by atoms with Gasteiger partial charge in [-0.15, -0.1) is 10.2 Å². The second-order valence-corrected chi connectivity index (χ2v) is 7.83. The molecule has 0 fully saturated rings. The summed E-state index contributed by atoms with van der Waals surface area (Å²) in [5.74, 6) is 0.433. The van der Waals surface area contributed by atoms with Crippen LogP contribution >= 0.6 is 11.3 Å². The van der Waals surface area contributed by atoms with E-state index in [0.29, 0.717) is 36.5 Å². The van der Waals surface area contributed by atoms with Crippen LogP contribution in [0.2, 0.25) is 0 Å². The Morgan fingerprint density at radius 3 is 2.60 bits per heavy atom. The second kappa shape index (κ2) is 10.5. The van der Waals surface area contributed by atoms with E-state index in [4.69, 9.17) is 4.74 Å². The van der Waals surface area contributed by atoms with E-state index in [-0.39, 0.29) is 11.8 Å². The average Bonchev–Trinajstić information content (AvgIpc) is 3.23. The van der Waals surface area contributed by atoms with Crippen molar-refractivity contribution >= 4 is 28.8 Å². The summed E-state index contributed by atoms with van der Waals surface area (Å²) in [5, 5.41) is 14.8. The Labute approximate surface area is 179 Å². The highest BCUT2D eigenvalue weighted by molar-refractivity contribution is 7.13. The summed E-state index contributed by atoms with van der Waals surface area (Å²) in [4.78, 5) is 24.4. The van der Waals surface area contributed by atoms with Crippen molar-refractivity contribution in [3.05, 3.63) is 69.7 Å². The Kier molecular flexibility index (Phi) is 7.51. The molecule has 156 valence electrons. The number of hydrogen-bond donors (Lipinski definition) is 2. The third-order valence-electron chi connectivity index (χ3n) is 4.43. The summed E-state index contributed by atoms with van der Waals surface area (Å²) in [5.41, 5.74) is 2.77. The highest BCUT2D eigenvalue weighted by atomic mass is 32.1. The van der Waals surface area contributed by atoms with Crippen molar-refractivity contribution in [2.24, 2.45) is 0 Å². The number of para-hydroxylation sites is 1. The largest absolute Gasteiger partial charge is 0.496 e. The van der Waals surface area contributed by atoms with Gasteiger partial charge in [-0.25, -0.2) is 0 Å². The number of benzene rings is 2. The molecule has 0 atom stereocenters. The van der Waals surface area contributed by atoms with Crippen molar-refractivity contribution in [2.75, 3.05) is 12.4 Å². The lowest BCUT2D eigenvalue weighted by Gasteiger charge is -2.09. The molecule has 2 N–H and O–H groups in total. The molecule has 0 radical (unpaired) electrons. The molecule has 30 heavy (non-hydrogen) atoms. The average molecular weight is 425 g/mol. The van der Waals surface area contributed by atoms with Crippen LogP contribution < -0.4 is 15.4 Å². The predicted molar refractivity (Wildman–Crippen MR) is 117 cm³/mol. The fourth-order valence-electron chi connectivity index (χ4n) is 2.80. The molecule has 0 aliphatic heterocycles. The predicted octanol–water partition coefficient (Wildman–Crippen LogP) is 3.75. The van der Waals surface area contributed by atoms with Gasteiger partial charge >= 0.3 is 0 Å². The smallest absolute Gasteiger partial charge is 0.286 e. The summed E-state index contributed by atoms with van der Waals surface area (Å²) >= 11 is 1.25. The molecule has 7 nitrogen and oxygen atoms in total. The highest BCUT2D eigenvalue weighted by Gasteiger charge is 2.13. The van der Waals surface area contributed by atoms with Gasteiger partial charge in [-0.1, -0.05) is 47.2 Å². The summed E-state index contributed by atoms with van der Waals surface area (Å²) in [6.07, 6.45) is 1.60. The minimum atomic E-state index is -0.280. The molecule has 3 rings (SSSR count). The first-order chi connectivity index (χ1) is 14.5. The van der Waals surface area contributed by atoms with E-state index >= 15 is 0 Å². The number of methoxy groups -OCH3 is 1. The molecule has 3 aromatic rings. The van der Waals surface area contributed by atoms with E-state index in [9.17, 15) is 9.59 Å². The molecule has 0 aliphatic carbocycles. The van der Waals surface area contributed by atoms with E-state index < -0.39 is 0 Å². The van der Waals surface area contributed by atoms with Crippen molar-refractivity contribution in [3.8, 4) is 5.75 Å². The number of anilines is 1. The van der Waals surface area contributed by atoms with Gasteiger partial charge in [-0.2, -0.15) is 0 Å². The lowest BCUT2D eigenvalue weighted by molar-refractivity contribution is -0.121. The number of nitrogens with zero attached hydrogens (tertiary/aromatic N) is 2. The zero-order chi connectivity index (χ0) is 21.3. The van der Waals surface area contributed by atoms with Crippen LogP contribution in [0, 0.1) is 6.92 Å². The van der Waals surface area contributed by atoms with E-state index in [2.05, 4.69) is 20.8 Å². The number of ether oxygens (including phenoxy) is 1. The van der Waals surface area contributed by atoms with Gasteiger partial charge in [0.05, 0.1) is 7.11 Å². The van der Waals surface area contributed by atoms with Crippen LogP contribution in [-0.4, -0.2) is 29.1 Å². The second-order valence-electron chi connectivity index (χ2n) is 6.76.